The van der Waals surface area contributed by atoms with Crippen molar-refractivity contribution < 1.29 is 4.74 Å². The molecule has 0 fully saturated rings. The Hall–Kier alpha value is -1.96. The summed E-state index contributed by atoms with van der Waals surface area (Å²) in [7, 11) is 1.70. The summed E-state index contributed by atoms with van der Waals surface area (Å²) < 4.78 is 5.33. The van der Waals surface area contributed by atoms with Crippen LogP contribution >= 0.6 is 0 Å². The molecule has 18 heavy (non-hydrogen) atoms. The van der Waals surface area contributed by atoms with Crippen LogP contribution < -0.4 is 10.1 Å². The molecule has 2 aromatic rings. The van der Waals surface area contributed by atoms with Gasteiger partial charge in [-0.25, -0.2) is 0 Å². The maximum Gasteiger partial charge on any atom is 0.141 e. The van der Waals surface area contributed by atoms with Gasteiger partial charge in [-0.2, -0.15) is 0 Å². The maximum atomic E-state index is 5.33. The average Bonchev–Trinajstić information content (AvgIpc) is 2.40. The largest absolute Gasteiger partial charge is 0.495 e. The first kappa shape index (κ1) is 12.5. The predicted molar refractivity (Wildman–Crippen MR) is 76.2 cm³/mol. The molecule has 1 unspecified atom stereocenters. The van der Waals surface area contributed by atoms with Crippen molar-refractivity contribution in [3.05, 3.63) is 60.2 Å². The zero-order valence-corrected chi connectivity index (χ0v) is 10.9. The summed E-state index contributed by atoms with van der Waals surface area (Å²) in [6.07, 6.45) is 0.999. The Kier molecular flexibility index (Phi) is 4.24. The highest BCUT2D eigenvalue weighted by atomic mass is 16.5. The van der Waals surface area contributed by atoms with Gasteiger partial charge in [-0.05, 0) is 31.0 Å². The molecular formula is C16H19NO. The van der Waals surface area contributed by atoms with Gasteiger partial charge in [0.25, 0.3) is 0 Å². The zero-order chi connectivity index (χ0) is 12.8. The van der Waals surface area contributed by atoms with Crippen molar-refractivity contribution in [3.63, 3.8) is 0 Å². The van der Waals surface area contributed by atoms with Gasteiger partial charge in [0, 0.05) is 6.04 Å². The van der Waals surface area contributed by atoms with Crippen molar-refractivity contribution in [2.24, 2.45) is 0 Å². The quantitative estimate of drug-likeness (QED) is 0.861. The molecule has 0 aliphatic carbocycles. The van der Waals surface area contributed by atoms with Crippen molar-refractivity contribution in [1.82, 2.24) is 0 Å². The van der Waals surface area contributed by atoms with Crippen LogP contribution in [-0.2, 0) is 6.42 Å². The van der Waals surface area contributed by atoms with Gasteiger partial charge in [0.1, 0.15) is 5.75 Å². The molecule has 0 saturated heterocycles. The highest BCUT2D eigenvalue weighted by molar-refractivity contribution is 5.56. The summed E-state index contributed by atoms with van der Waals surface area (Å²) in [6, 6.07) is 18.9. The van der Waals surface area contributed by atoms with E-state index in [0.29, 0.717) is 6.04 Å². The van der Waals surface area contributed by atoms with Gasteiger partial charge < -0.3 is 10.1 Å². The molecule has 2 heteroatoms. The second-order valence-corrected chi connectivity index (χ2v) is 4.44. The number of hydrogen-bond acceptors (Lipinski definition) is 2. The van der Waals surface area contributed by atoms with Crippen molar-refractivity contribution in [2.45, 2.75) is 19.4 Å². The minimum Gasteiger partial charge on any atom is -0.495 e. The van der Waals surface area contributed by atoms with E-state index in [1.807, 2.05) is 30.3 Å². The van der Waals surface area contributed by atoms with Crippen LogP contribution in [0.15, 0.2) is 54.6 Å². The zero-order valence-electron chi connectivity index (χ0n) is 10.9. The molecule has 0 saturated carbocycles. The Morgan fingerprint density at radius 1 is 1.00 bits per heavy atom. The molecule has 94 valence electrons. The van der Waals surface area contributed by atoms with Crippen LogP contribution in [0.2, 0.25) is 0 Å². The normalized spacial score (nSPS) is 11.9. The van der Waals surface area contributed by atoms with Gasteiger partial charge >= 0.3 is 0 Å². The van der Waals surface area contributed by atoms with Gasteiger partial charge in [-0.3, -0.25) is 0 Å². The Morgan fingerprint density at radius 2 is 1.67 bits per heavy atom. The molecule has 0 heterocycles. The minimum absolute atomic E-state index is 0.365. The van der Waals surface area contributed by atoms with Crippen molar-refractivity contribution in [3.8, 4) is 5.75 Å². The second-order valence-electron chi connectivity index (χ2n) is 4.44. The van der Waals surface area contributed by atoms with Gasteiger partial charge in [0.2, 0.25) is 0 Å². The fourth-order valence-electron chi connectivity index (χ4n) is 2.05. The summed E-state index contributed by atoms with van der Waals surface area (Å²) in [5.74, 6) is 0.886. The molecule has 1 atom stereocenters. The van der Waals surface area contributed by atoms with Crippen LogP contribution in [0, 0.1) is 0 Å². The number of nitrogens with one attached hydrogen (secondary N) is 1. The molecule has 2 aromatic carbocycles. The molecule has 0 aliphatic rings. The molecule has 0 radical (unpaired) electrons. The third-order valence-corrected chi connectivity index (χ3v) is 2.89. The summed E-state index contributed by atoms with van der Waals surface area (Å²) in [5, 5.41) is 3.48. The van der Waals surface area contributed by atoms with E-state index in [9.17, 15) is 0 Å². The van der Waals surface area contributed by atoms with Crippen LogP contribution in [0.5, 0.6) is 5.75 Å². The van der Waals surface area contributed by atoms with Crippen LogP contribution in [0.4, 0.5) is 5.69 Å². The van der Waals surface area contributed by atoms with E-state index in [2.05, 4.69) is 36.5 Å². The number of benzene rings is 2. The lowest BCUT2D eigenvalue weighted by Crippen LogP contribution is -2.18. The second kappa shape index (κ2) is 6.10. The Balaban J connectivity index is 2.01. The fraction of sp³-hybridized carbons (Fsp3) is 0.250. The summed E-state index contributed by atoms with van der Waals surface area (Å²) in [4.78, 5) is 0. The molecule has 2 nitrogen and oxygen atoms in total. The third-order valence-electron chi connectivity index (χ3n) is 2.89. The summed E-state index contributed by atoms with van der Waals surface area (Å²) in [6.45, 7) is 2.18. The van der Waals surface area contributed by atoms with E-state index in [0.717, 1.165) is 17.9 Å². The Labute approximate surface area is 109 Å². The van der Waals surface area contributed by atoms with Gasteiger partial charge in [-0.1, -0.05) is 42.5 Å². The van der Waals surface area contributed by atoms with Gasteiger partial charge in [0.05, 0.1) is 12.8 Å². The van der Waals surface area contributed by atoms with Crippen LogP contribution in [-0.4, -0.2) is 13.2 Å². The van der Waals surface area contributed by atoms with E-state index in [4.69, 9.17) is 4.74 Å². The van der Waals surface area contributed by atoms with Gasteiger partial charge in [-0.15, -0.1) is 0 Å². The molecule has 0 aliphatic heterocycles. The van der Waals surface area contributed by atoms with E-state index < -0.39 is 0 Å². The number of ether oxygens (including phenoxy) is 1. The highest BCUT2D eigenvalue weighted by Crippen LogP contribution is 2.24. The van der Waals surface area contributed by atoms with Crippen LogP contribution in [0.3, 0.4) is 0 Å². The molecule has 0 amide bonds. The lowest BCUT2D eigenvalue weighted by molar-refractivity contribution is 0.416. The van der Waals surface area contributed by atoms with E-state index in [-0.39, 0.29) is 0 Å². The number of hydrogen-bond donors (Lipinski definition) is 1. The standard InChI is InChI=1S/C16H19NO/c1-13(12-14-8-4-3-5-9-14)17-15-10-6-7-11-16(15)18-2/h3-11,13,17H,12H2,1-2H3. The number of methoxy groups -OCH3 is 1. The maximum absolute atomic E-state index is 5.33. The molecule has 0 spiro atoms. The molecule has 2 rings (SSSR count). The minimum atomic E-state index is 0.365. The van der Waals surface area contributed by atoms with E-state index >= 15 is 0 Å². The lowest BCUT2D eigenvalue weighted by atomic mass is 10.1. The molecular weight excluding hydrogens is 222 g/mol. The fourth-order valence-corrected chi connectivity index (χ4v) is 2.05. The molecule has 0 bridgehead atoms. The van der Waals surface area contributed by atoms with E-state index in [1.54, 1.807) is 7.11 Å². The number of para-hydroxylation sites is 2. The smallest absolute Gasteiger partial charge is 0.141 e. The number of rotatable bonds is 5. The average molecular weight is 241 g/mol. The monoisotopic (exact) mass is 241 g/mol. The Bertz CT molecular complexity index is 481. The van der Waals surface area contributed by atoms with Crippen molar-refractivity contribution in [1.29, 1.82) is 0 Å². The first-order chi connectivity index (χ1) is 8.79. The molecule has 0 aromatic heterocycles. The summed E-state index contributed by atoms with van der Waals surface area (Å²) >= 11 is 0. The summed E-state index contributed by atoms with van der Waals surface area (Å²) in [5.41, 5.74) is 2.39. The first-order valence-corrected chi connectivity index (χ1v) is 6.23. The predicted octanol–water partition coefficient (Wildman–Crippen LogP) is 3.74. The lowest BCUT2D eigenvalue weighted by Gasteiger charge is -2.17. The third kappa shape index (κ3) is 3.27. The Morgan fingerprint density at radius 3 is 2.39 bits per heavy atom. The highest BCUT2D eigenvalue weighted by Gasteiger charge is 2.06. The van der Waals surface area contributed by atoms with Crippen LogP contribution in [0.1, 0.15) is 12.5 Å². The van der Waals surface area contributed by atoms with Gasteiger partial charge in [0.15, 0.2) is 0 Å². The first-order valence-electron chi connectivity index (χ1n) is 6.23. The van der Waals surface area contributed by atoms with Crippen molar-refractivity contribution in [2.75, 3.05) is 12.4 Å². The van der Waals surface area contributed by atoms with E-state index in [1.165, 1.54) is 5.56 Å². The molecule has 1 N–H and O–H groups in total. The SMILES string of the molecule is COc1ccccc1NC(C)Cc1ccccc1. The van der Waals surface area contributed by atoms with Crippen molar-refractivity contribution >= 4 is 5.69 Å². The topological polar surface area (TPSA) is 21.3 Å². The number of anilines is 1. The van der Waals surface area contributed by atoms with Crippen LogP contribution in [0.25, 0.3) is 0 Å².